The van der Waals surface area contributed by atoms with Crippen LogP contribution >= 0.6 is 23.5 Å². The fourth-order valence-corrected chi connectivity index (χ4v) is 7.61. The quantitative estimate of drug-likeness (QED) is 0.534. The Balaban J connectivity index is 1.40. The lowest BCUT2D eigenvalue weighted by Crippen LogP contribution is -2.58. The largest absolute Gasteiger partial charge is 0.444 e. The zero-order valence-corrected chi connectivity index (χ0v) is 24.5. The minimum atomic E-state index is -0.639. The van der Waals surface area contributed by atoms with E-state index in [0.29, 0.717) is 35.7 Å². The predicted molar refractivity (Wildman–Crippen MR) is 156 cm³/mol. The van der Waals surface area contributed by atoms with Gasteiger partial charge in [0.05, 0.1) is 5.88 Å². The van der Waals surface area contributed by atoms with Crippen molar-refractivity contribution in [1.82, 2.24) is 15.1 Å². The van der Waals surface area contributed by atoms with Crippen molar-refractivity contribution < 1.29 is 19.1 Å². The highest BCUT2D eigenvalue weighted by Crippen LogP contribution is 2.29. The lowest BCUT2D eigenvalue weighted by Gasteiger charge is -2.38. The number of rotatable bonds is 7. The highest BCUT2D eigenvalue weighted by molar-refractivity contribution is 8.00. The Morgan fingerprint density at radius 2 is 1.74 bits per heavy atom. The number of piperazine rings is 1. The summed E-state index contributed by atoms with van der Waals surface area (Å²) in [6.45, 7) is 8.22. The number of anilines is 1. The van der Waals surface area contributed by atoms with E-state index in [-0.39, 0.29) is 11.8 Å². The van der Waals surface area contributed by atoms with E-state index in [1.165, 1.54) is 54.5 Å². The van der Waals surface area contributed by atoms with Gasteiger partial charge in [0.25, 0.3) is 0 Å². The molecule has 0 radical (unpaired) electrons. The van der Waals surface area contributed by atoms with Crippen LogP contribution in [0.15, 0.2) is 30.3 Å². The summed E-state index contributed by atoms with van der Waals surface area (Å²) in [7, 11) is 0. The van der Waals surface area contributed by atoms with Gasteiger partial charge in [-0.3, -0.25) is 14.5 Å². The zero-order chi connectivity index (χ0) is 27.1. The number of hydrogen-bond acceptors (Lipinski definition) is 7. The number of benzene rings is 1. The molecule has 2 saturated heterocycles. The second kappa shape index (κ2) is 13.3. The highest BCUT2D eigenvalue weighted by atomic mass is 32.2. The average molecular weight is 563 g/mol. The van der Waals surface area contributed by atoms with E-state index >= 15 is 0 Å². The van der Waals surface area contributed by atoms with Crippen LogP contribution in [0.4, 0.5) is 10.5 Å². The van der Waals surface area contributed by atoms with Crippen LogP contribution in [0.1, 0.15) is 52.9 Å². The second-order valence-corrected chi connectivity index (χ2v) is 13.6. The van der Waals surface area contributed by atoms with Crippen LogP contribution < -0.4 is 10.2 Å². The summed E-state index contributed by atoms with van der Waals surface area (Å²) < 4.78 is 5.53. The van der Waals surface area contributed by atoms with E-state index in [1.807, 2.05) is 55.6 Å². The Kier molecular flexibility index (Phi) is 10.1. The summed E-state index contributed by atoms with van der Waals surface area (Å²) in [6, 6.07) is 9.01. The number of para-hydroxylation sites is 1. The van der Waals surface area contributed by atoms with Gasteiger partial charge in [-0.05, 0) is 45.7 Å². The third-order valence-corrected chi connectivity index (χ3v) is 9.67. The lowest BCUT2D eigenvalue weighted by atomic mass is 10.0. The van der Waals surface area contributed by atoms with E-state index in [0.717, 1.165) is 13.1 Å². The van der Waals surface area contributed by atoms with Crippen molar-refractivity contribution in [3.05, 3.63) is 30.3 Å². The van der Waals surface area contributed by atoms with Crippen LogP contribution in [-0.4, -0.2) is 94.2 Å². The topological polar surface area (TPSA) is 82.2 Å². The molecule has 1 aromatic carbocycles. The summed E-state index contributed by atoms with van der Waals surface area (Å²) >= 11 is 3.34. The predicted octanol–water partition coefficient (Wildman–Crippen LogP) is 4.20. The Morgan fingerprint density at radius 3 is 2.39 bits per heavy atom. The molecule has 2 aliphatic heterocycles. The van der Waals surface area contributed by atoms with Crippen LogP contribution in [0.25, 0.3) is 0 Å². The smallest absolute Gasteiger partial charge is 0.411 e. The molecule has 4 rings (SSSR count). The number of hydrogen-bond donors (Lipinski definition) is 1. The van der Waals surface area contributed by atoms with E-state index in [1.54, 1.807) is 0 Å². The molecular weight excluding hydrogens is 520 g/mol. The first-order valence-electron chi connectivity index (χ1n) is 13.8. The molecule has 0 spiro atoms. The van der Waals surface area contributed by atoms with Gasteiger partial charge in [-0.1, -0.05) is 37.5 Å². The first-order chi connectivity index (χ1) is 18.2. The van der Waals surface area contributed by atoms with Crippen LogP contribution in [-0.2, 0) is 14.3 Å². The van der Waals surface area contributed by atoms with Crippen LogP contribution in [0, 0.1) is 0 Å². The molecule has 2 heterocycles. The molecule has 3 fully saturated rings. The van der Waals surface area contributed by atoms with E-state index in [9.17, 15) is 14.4 Å². The zero-order valence-electron chi connectivity index (χ0n) is 22.9. The minimum absolute atomic E-state index is 0.0242. The maximum atomic E-state index is 13.7. The summed E-state index contributed by atoms with van der Waals surface area (Å²) in [5.74, 6) is 1.16. The highest BCUT2D eigenvalue weighted by Gasteiger charge is 2.39. The van der Waals surface area contributed by atoms with Gasteiger partial charge in [-0.15, -0.1) is 11.8 Å². The molecule has 0 aromatic heterocycles. The van der Waals surface area contributed by atoms with Crippen molar-refractivity contribution in [3.8, 4) is 0 Å². The molecule has 0 unspecified atom stereocenters. The summed E-state index contributed by atoms with van der Waals surface area (Å²) in [4.78, 5) is 45.6. The summed E-state index contributed by atoms with van der Waals surface area (Å²) in [5, 5.41) is 3.59. The summed E-state index contributed by atoms with van der Waals surface area (Å²) in [6.07, 6.45) is 5.59. The van der Waals surface area contributed by atoms with Gasteiger partial charge < -0.3 is 19.9 Å². The van der Waals surface area contributed by atoms with Crippen molar-refractivity contribution >= 4 is 47.1 Å². The Hall–Kier alpha value is -2.07. The fraction of sp³-hybridized carbons (Fsp3) is 0.679. The maximum absolute atomic E-state index is 13.7. The molecule has 3 aliphatic rings. The molecule has 210 valence electrons. The van der Waals surface area contributed by atoms with Crippen molar-refractivity contribution in [1.29, 1.82) is 0 Å². The number of nitrogens with one attached hydrogen (secondary N) is 1. The standard InChI is InChI=1S/C28H42N4O4S2/c1-28(2,3)36-27(35)32-20-37-19-24(32)25(33)29-23(18-38-22-12-8-5-9-13-22)26(34)31-16-14-30(15-17-31)21-10-6-4-7-11-21/h4,6-7,10-11,22-24H,5,8-9,12-20H2,1-3H3,(H,29,33)/t23-,24-/m0/s1. The van der Waals surface area contributed by atoms with Gasteiger partial charge in [0.15, 0.2) is 0 Å². The van der Waals surface area contributed by atoms with Gasteiger partial charge in [-0.2, -0.15) is 11.8 Å². The van der Waals surface area contributed by atoms with Gasteiger partial charge in [0.1, 0.15) is 17.7 Å². The molecule has 2 atom stereocenters. The third-order valence-electron chi connectivity index (χ3n) is 7.19. The van der Waals surface area contributed by atoms with Crippen LogP contribution in [0.2, 0.25) is 0 Å². The number of carbonyl (C=O) groups is 3. The van der Waals surface area contributed by atoms with Crippen molar-refractivity contribution in [3.63, 3.8) is 0 Å². The Labute approximate surface area is 235 Å². The number of carbonyl (C=O) groups excluding carboxylic acids is 3. The first kappa shape index (κ1) is 28.9. The molecule has 0 bridgehead atoms. The molecule has 1 saturated carbocycles. The van der Waals surface area contributed by atoms with E-state index in [4.69, 9.17) is 4.74 Å². The number of thioether (sulfide) groups is 2. The maximum Gasteiger partial charge on any atom is 0.411 e. The molecule has 8 nitrogen and oxygen atoms in total. The van der Waals surface area contributed by atoms with Crippen molar-refractivity contribution in [2.45, 2.75) is 75.8 Å². The van der Waals surface area contributed by atoms with Gasteiger partial charge in [-0.25, -0.2) is 4.79 Å². The molecule has 3 amide bonds. The van der Waals surface area contributed by atoms with Crippen LogP contribution in [0.3, 0.4) is 0 Å². The number of amides is 3. The first-order valence-corrected chi connectivity index (χ1v) is 16.0. The molecule has 1 aliphatic carbocycles. The van der Waals surface area contributed by atoms with E-state index in [2.05, 4.69) is 22.3 Å². The SMILES string of the molecule is CC(C)(C)OC(=O)N1CSC[C@H]1C(=O)N[C@@H](CSC1CCCCC1)C(=O)N1CCN(c2ccccc2)CC1. The van der Waals surface area contributed by atoms with Gasteiger partial charge in [0, 0.05) is 48.6 Å². The van der Waals surface area contributed by atoms with E-state index < -0.39 is 23.8 Å². The fourth-order valence-electron chi connectivity index (χ4n) is 5.11. The number of ether oxygens (including phenoxy) is 1. The molecular formula is C28H42N4O4S2. The lowest BCUT2D eigenvalue weighted by molar-refractivity contribution is -0.137. The van der Waals surface area contributed by atoms with Gasteiger partial charge in [0.2, 0.25) is 11.8 Å². The molecule has 1 N–H and O–H groups in total. The molecule has 38 heavy (non-hydrogen) atoms. The third kappa shape index (κ3) is 7.97. The minimum Gasteiger partial charge on any atom is -0.444 e. The monoisotopic (exact) mass is 562 g/mol. The van der Waals surface area contributed by atoms with Gasteiger partial charge >= 0.3 is 6.09 Å². The molecule has 10 heteroatoms. The Morgan fingerprint density at radius 1 is 1.05 bits per heavy atom. The van der Waals surface area contributed by atoms with Crippen molar-refractivity contribution in [2.24, 2.45) is 0 Å². The number of nitrogens with zero attached hydrogens (tertiary/aromatic N) is 3. The van der Waals surface area contributed by atoms with Crippen molar-refractivity contribution in [2.75, 3.05) is 48.5 Å². The average Bonchev–Trinajstić information content (AvgIpc) is 3.41. The van der Waals surface area contributed by atoms with Crippen LogP contribution in [0.5, 0.6) is 0 Å². The molecule has 1 aromatic rings. The second-order valence-electron chi connectivity index (χ2n) is 11.3. The summed E-state index contributed by atoms with van der Waals surface area (Å²) in [5.41, 5.74) is 0.529. The Bertz CT molecular complexity index is 944. The normalized spacial score (nSPS) is 21.8.